The number of fused-ring (bicyclic) bond motifs is 22. The highest BCUT2D eigenvalue weighted by Crippen LogP contribution is 2.71. The van der Waals surface area contributed by atoms with Crippen LogP contribution < -0.4 is 0 Å². The van der Waals surface area contributed by atoms with Crippen LogP contribution >= 0.6 is 0 Å². The van der Waals surface area contributed by atoms with E-state index in [2.05, 4.69) is 83.2 Å². The van der Waals surface area contributed by atoms with Crippen LogP contribution in [0.25, 0.3) is 0 Å². The lowest BCUT2D eigenvalue weighted by Gasteiger charge is -2.61. The Morgan fingerprint density at radius 1 is 0.387 bits per heavy atom. The van der Waals surface area contributed by atoms with Gasteiger partial charge in [0.25, 0.3) is 41.4 Å². The van der Waals surface area contributed by atoms with Crippen LogP contribution in [0.15, 0.2) is 87.1 Å². The maximum Gasteiger partial charge on any atom is 0.302 e. The zero-order valence-electron chi connectivity index (χ0n) is 71.5. The van der Waals surface area contributed by atoms with Crippen molar-refractivity contribution in [2.75, 3.05) is 40.6 Å². The summed E-state index contributed by atoms with van der Waals surface area (Å²) in [4.78, 5) is 193. The van der Waals surface area contributed by atoms with Gasteiger partial charge in [-0.05, 0) is 230 Å². The summed E-state index contributed by atoms with van der Waals surface area (Å²) in [7, 11) is 2.70. The molecule has 3 spiro atoms. The molecule has 119 heavy (non-hydrogen) atoms. The zero-order valence-corrected chi connectivity index (χ0v) is 71.5. The summed E-state index contributed by atoms with van der Waals surface area (Å²) in [5.74, 6) is 6.36. The van der Waals surface area contributed by atoms with Crippen molar-refractivity contribution in [3.63, 3.8) is 0 Å². The lowest BCUT2D eigenvalue weighted by Crippen LogP contribution is -2.73. The van der Waals surface area contributed by atoms with Gasteiger partial charge in [-0.1, -0.05) is 93.0 Å². The molecule has 11 saturated carbocycles. The molecule has 0 N–H and O–H groups in total. The molecule has 9 saturated heterocycles. The summed E-state index contributed by atoms with van der Waals surface area (Å²) in [6.07, 6.45) is 29.5. The first-order valence-electron chi connectivity index (χ1n) is 43.0. The molecule has 646 valence electrons. The van der Waals surface area contributed by atoms with Gasteiger partial charge in [0.2, 0.25) is 41.4 Å². The first-order chi connectivity index (χ1) is 56.2. The van der Waals surface area contributed by atoms with Gasteiger partial charge in [0.15, 0.2) is 0 Å². The molecule has 0 aromatic rings. The van der Waals surface area contributed by atoms with Crippen molar-refractivity contribution in [2.24, 2.45) is 106 Å². The highest BCUT2D eigenvalue weighted by molar-refractivity contribution is 6.12. The Kier molecular flexibility index (Phi) is 25.6. The Morgan fingerprint density at radius 3 is 1.13 bits per heavy atom. The van der Waals surface area contributed by atoms with Crippen molar-refractivity contribution >= 4 is 94.6 Å². The van der Waals surface area contributed by atoms with E-state index in [0.717, 1.165) is 80.1 Å². The van der Waals surface area contributed by atoms with E-state index in [0.29, 0.717) is 97.9 Å². The predicted molar refractivity (Wildman–Crippen MR) is 434 cm³/mol. The highest BCUT2D eigenvalue weighted by Gasteiger charge is 2.75. The maximum absolute atomic E-state index is 12.3. The predicted octanol–water partition coefficient (Wildman–Crippen LogP) is 9.71. The fourth-order valence-corrected chi connectivity index (χ4v) is 26.2. The molecule has 14 amide bonds. The quantitative estimate of drug-likeness (QED) is 0.130. The molecule has 8 bridgehead atoms. The minimum atomic E-state index is -0.313. The Hall–Kier alpha value is -8.98. The van der Waals surface area contributed by atoms with Crippen LogP contribution in [0.5, 0.6) is 0 Å². The van der Waals surface area contributed by atoms with Gasteiger partial charge in [0, 0.05) is 30.6 Å². The number of carbonyl (C=O) groups excluding carboxylic acids is 16. The van der Waals surface area contributed by atoms with Gasteiger partial charge in [0.05, 0.1) is 124 Å². The van der Waals surface area contributed by atoms with Crippen molar-refractivity contribution in [1.29, 1.82) is 0 Å². The minimum Gasteiger partial charge on any atom is -0.469 e. The number of ether oxygens (including phenoxy) is 4. The van der Waals surface area contributed by atoms with Crippen LogP contribution in [0.4, 0.5) is 0 Å². The second kappa shape index (κ2) is 34.1. The van der Waals surface area contributed by atoms with Crippen LogP contribution in [0.2, 0.25) is 0 Å². The Morgan fingerprint density at radius 2 is 0.739 bits per heavy atom. The van der Waals surface area contributed by atoms with Gasteiger partial charge in [-0.2, -0.15) is 0 Å². The molecule has 27 heteroatoms. The second-order valence-electron chi connectivity index (χ2n) is 38.1. The number of hydrogen-bond donors (Lipinski definition) is 0. The molecular weight excluding hydrogens is 1520 g/mol. The van der Waals surface area contributed by atoms with Crippen molar-refractivity contribution in [1.82, 2.24) is 34.3 Å². The number of likely N-dealkylation sites (tertiary alicyclic amines) is 7. The monoisotopic (exact) mass is 1650 g/mol. The molecule has 0 radical (unpaired) electrons. The third-order valence-electron chi connectivity index (χ3n) is 32.1. The van der Waals surface area contributed by atoms with E-state index in [-0.39, 0.29) is 170 Å². The van der Waals surface area contributed by atoms with E-state index < -0.39 is 0 Å². The lowest BCUT2D eigenvalue weighted by molar-refractivity contribution is -0.185. The summed E-state index contributed by atoms with van der Waals surface area (Å²) in [6.45, 7) is 43.3. The Labute approximate surface area is 698 Å². The molecule has 9 heterocycles. The van der Waals surface area contributed by atoms with Gasteiger partial charge in [-0.3, -0.25) is 111 Å². The van der Waals surface area contributed by atoms with Crippen LogP contribution in [-0.4, -0.2) is 210 Å². The third-order valence-corrected chi connectivity index (χ3v) is 32.1. The van der Waals surface area contributed by atoms with Crippen molar-refractivity contribution in [3.05, 3.63) is 87.1 Å². The normalized spacial score (nSPS) is 36.6. The largest absolute Gasteiger partial charge is 0.469 e. The maximum atomic E-state index is 12.3. The lowest BCUT2D eigenvalue weighted by atomic mass is 9.57. The zero-order chi connectivity index (χ0) is 87.1. The van der Waals surface area contributed by atoms with Crippen LogP contribution in [0.3, 0.4) is 0 Å². The average molecular weight is 1650 g/mol. The average Bonchev–Trinajstić information content (AvgIpc) is 1.56. The van der Waals surface area contributed by atoms with Gasteiger partial charge in [0.1, 0.15) is 0 Å². The van der Waals surface area contributed by atoms with Crippen LogP contribution in [-0.2, 0) is 95.7 Å². The summed E-state index contributed by atoms with van der Waals surface area (Å²) in [6, 6.07) is 0.398. The van der Waals surface area contributed by atoms with Crippen molar-refractivity contribution < 1.29 is 95.7 Å². The number of hydrogen-bond acceptors (Lipinski definition) is 20. The SMILES string of the molecule is C=C(C)C(=O)N1C(=O)C2CC3C4CCC(C4)C3C21.C=C(C)C(=O)N1C(=O)C2COCC21.C=C(C)C(=O)N1C(=O)CC12C1CCC(C1)C2(C)C.C=CC(=O)N1C(=O)C2CC3C4CCC(C4)C3C21.C=CC(=O)N1C(=O)C2COCC21.C=CC(=O)N1C(=O)CC12C1CCC(C1)C2(C)C.C=CC(=O)N1C(=O)CC12CCCCC2.COC(C)=O.COC(C)=O. The molecule has 0 aromatic heterocycles. The summed E-state index contributed by atoms with van der Waals surface area (Å²) < 4.78 is 18.4. The summed E-state index contributed by atoms with van der Waals surface area (Å²) >= 11 is 0. The van der Waals surface area contributed by atoms with E-state index in [1.807, 2.05) is 0 Å². The molecule has 9 aliphatic heterocycles. The van der Waals surface area contributed by atoms with Crippen LogP contribution in [0, 0.1) is 106 Å². The Bertz CT molecular complexity index is 4300. The van der Waals surface area contributed by atoms with E-state index in [4.69, 9.17) is 9.47 Å². The standard InChI is InChI=1S/C15H19NO2.C15H21NO2.C14H17NO2.C14H19NO2.C11H15NO2.C9H11NO3.C8H9NO3.2C3H6O2/c1-7(2)14(17)16-13-11(15(16)18)6-10-8-3-4-9(5-8)12(10)13;1-9(2)13(18)16-12(17)8-15(16)11-6-5-10(7-11)14(15,3)4;1-2-11(16)15-13-10(14(15)17)6-9-7-3-4-8(5-7)12(9)13;1-4-11(16)15-12(17)8-14(15)10-6-5-9(7-10)13(14,2)3;1-2-9(13)12-10(14)8-11(12)6-4-3-5-7-11;1-5(2)8(11)10-7-4-13-3-6(7)9(10)12;1-2-7(10)9-6-4-12-3-5(6)8(9)11;2*1-3(4)5-2/h8-13H,1,3-6H2,2H3;10-11H,1,5-8H2,2-4H3;2,7-10,12-13H,1,3-6H2;4,9-10H,1,5-8H2,2-3H3;2H,1,3-8H2;6-7H,1,3-4H2,2H3;2,5-6H,1,3-4H2;2*1-2H3. The number of amides is 14. The van der Waals surface area contributed by atoms with Crippen molar-refractivity contribution in [2.45, 2.75) is 244 Å². The molecule has 20 aliphatic rings. The second-order valence-corrected chi connectivity index (χ2v) is 38.1. The van der Waals surface area contributed by atoms with E-state index in [1.54, 1.807) is 30.6 Å². The van der Waals surface area contributed by atoms with Gasteiger partial charge in [-0.25, -0.2) is 0 Å². The fourth-order valence-electron chi connectivity index (χ4n) is 26.2. The fraction of sp³-hybridized carbons (Fsp3) is 0.674. The van der Waals surface area contributed by atoms with E-state index >= 15 is 0 Å². The molecule has 27 nitrogen and oxygen atoms in total. The highest BCUT2D eigenvalue weighted by atomic mass is 16.5. The van der Waals surface area contributed by atoms with Gasteiger partial charge in [-0.15, -0.1) is 0 Å². The molecule has 0 aromatic carbocycles. The number of rotatable bonds is 7. The number of β-lactam (4-membered cyclic amide) rings is 7. The topological polar surface area (TPSA) is 333 Å². The molecule has 20 fully saturated rings. The number of methoxy groups -OCH3 is 2. The molecule has 22 atom stereocenters. The minimum absolute atomic E-state index is 0.0105. The van der Waals surface area contributed by atoms with Gasteiger partial charge >= 0.3 is 11.9 Å². The number of nitrogens with zero attached hydrogens (tertiary/aromatic N) is 7. The summed E-state index contributed by atoms with van der Waals surface area (Å²) in [5.41, 5.74) is 0.979. The van der Waals surface area contributed by atoms with E-state index in [1.165, 1.54) is 154 Å². The summed E-state index contributed by atoms with van der Waals surface area (Å²) in [5, 5.41) is 0. The molecule has 22 unspecified atom stereocenters. The molecule has 11 aliphatic carbocycles. The van der Waals surface area contributed by atoms with Gasteiger partial charge < -0.3 is 18.9 Å². The van der Waals surface area contributed by atoms with E-state index in [9.17, 15) is 76.7 Å². The first-order valence-corrected chi connectivity index (χ1v) is 43.0. The molecular formula is C92H123N7O20. The molecule has 20 rings (SSSR count). The Balaban J connectivity index is 0.000000125. The number of carbonyl (C=O) groups is 16. The van der Waals surface area contributed by atoms with Crippen LogP contribution in [0.1, 0.15) is 204 Å². The van der Waals surface area contributed by atoms with Crippen molar-refractivity contribution in [3.8, 4) is 0 Å². The number of imide groups is 7. The number of esters is 2. The third kappa shape index (κ3) is 14.6. The first kappa shape index (κ1) is 89.3. The smallest absolute Gasteiger partial charge is 0.302 e.